The number of non-ortho nitro benzene ring substituents is 1. The van der Waals surface area contributed by atoms with Crippen LogP contribution in [0.1, 0.15) is 5.56 Å². The fourth-order valence-electron chi connectivity index (χ4n) is 1.20. The zero-order chi connectivity index (χ0) is 12.9. The number of nitrogens with zero attached hydrogens (tertiary/aromatic N) is 1. The molecule has 1 rings (SSSR count). The summed E-state index contributed by atoms with van der Waals surface area (Å²) in [6.07, 6.45) is 0. The molecule has 0 radical (unpaired) electrons. The lowest BCUT2D eigenvalue weighted by Gasteiger charge is -2.05. The van der Waals surface area contributed by atoms with Crippen molar-refractivity contribution in [2.24, 2.45) is 5.73 Å². The van der Waals surface area contributed by atoms with Gasteiger partial charge in [-0.3, -0.25) is 10.1 Å². The van der Waals surface area contributed by atoms with E-state index in [1.807, 2.05) is 0 Å². The van der Waals surface area contributed by atoms with E-state index >= 15 is 0 Å². The molecule has 0 aliphatic rings. The van der Waals surface area contributed by atoms with Gasteiger partial charge in [0.05, 0.1) is 10.7 Å². The number of nitrogens with one attached hydrogen (secondary N) is 1. The van der Waals surface area contributed by atoms with Crippen LogP contribution in [0.4, 0.5) is 5.69 Å². The van der Waals surface area contributed by atoms with Gasteiger partial charge in [0.2, 0.25) is 10.0 Å². The second-order valence-corrected chi connectivity index (χ2v) is 5.17. The summed E-state index contributed by atoms with van der Waals surface area (Å²) < 4.78 is 25.3. The fraction of sp³-hybridized carbons (Fsp3) is 0.333. The van der Waals surface area contributed by atoms with Crippen molar-refractivity contribution < 1.29 is 13.3 Å². The third-order valence-electron chi connectivity index (χ3n) is 1.97. The van der Waals surface area contributed by atoms with Crippen LogP contribution < -0.4 is 10.5 Å². The molecule has 0 aromatic heterocycles. The van der Waals surface area contributed by atoms with Crippen LogP contribution in [-0.4, -0.2) is 26.4 Å². The maximum absolute atomic E-state index is 11.5. The summed E-state index contributed by atoms with van der Waals surface area (Å²) in [5.41, 5.74) is 5.60. The maximum Gasteiger partial charge on any atom is 0.269 e. The summed E-state index contributed by atoms with van der Waals surface area (Å²) in [7, 11) is -3.43. The van der Waals surface area contributed by atoms with Crippen LogP contribution in [0.2, 0.25) is 0 Å². The molecule has 0 aliphatic carbocycles. The summed E-state index contributed by atoms with van der Waals surface area (Å²) >= 11 is 0. The van der Waals surface area contributed by atoms with Crippen LogP contribution in [0, 0.1) is 10.1 Å². The number of rotatable bonds is 6. The highest BCUT2D eigenvalue weighted by Gasteiger charge is 2.11. The number of sulfonamides is 1. The molecule has 0 bridgehead atoms. The second-order valence-electron chi connectivity index (χ2n) is 3.37. The molecule has 3 N–H and O–H groups in total. The van der Waals surface area contributed by atoms with E-state index in [4.69, 9.17) is 5.73 Å². The predicted octanol–water partition coefficient (Wildman–Crippen LogP) is -0.0271. The van der Waals surface area contributed by atoms with E-state index in [0.29, 0.717) is 5.56 Å². The standard InChI is InChI=1S/C9H13N3O4S/c10-5-6-11-17(15,16)7-8-1-3-9(4-2-8)12(13)14/h1-4,11H,5-7,10H2. The minimum absolute atomic E-state index is 0.0685. The van der Waals surface area contributed by atoms with E-state index in [2.05, 4.69) is 4.72 Å². The highest BCUT2D eigenvalue weighted by molar-refractivity contribution is 7.88. The van der Waals surface area contributed by atoms with Gasteiger partial charge in [-0.1, -0.05) is 12.1 Å². The van der Waals surface area contributed by atoms with E-state index < -0.39 is 14.9 Å². The molecule has 0 amide bonds. The molecule has 0 saturated carbocycles. The van der Waals surface area contributed by atoms with Crippen LogP contribution in [-0.2, 0) is 15.8 Å². The van der Waals surface area contributed by atoms with Crippen LogP contribution >= 0.6 is 0 Å². The molecule has 94 valence electrons. The van der Waals surface area contributed by atoms with Gasteiger partial charge < -0.3 is 5.73 Å². The number of nitrogens with two attached hydrogens (primary N) is 1. The molecule has 0 unspecified atom stereocenters. The van der Waals surface area contributed by atoms with E-state index in [1.165, 1.54) is 24.3 Å². The molecule has 1 aromatic carbocycles. The van der Waals surface area contributed by atoms with Gasteiger partial charge in [0.1, 0.15) is 0 Å². The molecule has 0 fully saturated rings. The molecular weight excluding hydrogens is 246 g/mol. The minimum Gasteiger partial charge on any atom is -0.329 e. The van der Waals surface area contributed by atoms with Gasteiger partial charge in [0.15, 0.2) is 0 Å². The Hall–Kier alpha value is -1.51. The lowest BCUT2D eigenvalue weighted by molar-refractivity contribution is -0.384. The molecule has 1 aromatic rings. The predicted molar refractivity (Wildman–Crippen MR) is 62.8 cm³/mol. The zero-order valence-electron chi connectivity index (χ0n) is 9.00. The van der Waals surface area contributed by atoms with Crippen LogP contribution in [0.3, 0.4) is 0 Å². The Morgan fingerprint density at radius 3 is 2.35 bits per heavy atom. The van der Waals surface area contributed by atoms with Gasteiger partial charge in [-0.2, -0.15) is 0 Å². The van der Waals surface area contributed by atoms with E-state index in [-0.39, 0.29) is 24.5 Å². The average Bonchev–Trinajstić information content (AvgIpc) is 2.26. The third kappa shape index (κ3) is 4.47. The first-order valence-electron chi connectivity index (χ1n) is 4.85. The summed E-state index contributed by atoms with van der Waals surface area (Å²) in [4.78, 5) is 9.86. The molecule has 17 heavy (non-hydrogen) atoms. The normalized spacial score (nSPS) is 11.4. The van der Waals surface area contributed by atoms with Crippen LogP contribution in [0.25, 0.3) is 0 Å². The number of nitro groups is 1. The van der Waals surface area contributed by atoms with E-state index in [9.17, 15) is 18.5 Å². The number of benzene rings is 1. The summed E-state index contributed by atoms with van der Waals surface area (Å²) in [6.45, 7) is 0.398. The summed E-state index contributed by atoms with van der Waals surface area (Å²) in [5, 5.41) is 10.4. The third-order valence-corrected chi connectivity index (χ3v) is 3.33. The van der Waals surface area contributed by atoms with Crippen molar-refractivity contribution in [1.82, 2.24) is 4.72 Å². The number of hydrogen-bond donors (Lipinski definition) is 2. The van der Waals surface area contributed by atoms with Crippen molar-refractivity contribution in [3.63, 3.8) is 0 Å². The molecule has 8 heteroatoms. The van der Waals surface area contributed by atoms with Crippen molar-refractivity contribution >= 4 is 15.7 Å². The van der Waals surface area contributed by atoms with Gasteiger partial charge in [0.25, 0.3) is 5.69 Å². The van der Waals surface area contributed by atoms with Gasteiger partial charge >= 0.3 is 0 Å². The maximum atomic E-state index is 11.5. The molecule has 7 nitrogen and oxygen atoms in total. The van der Waals surface area contributed by atoms with Crippen molar-refractivity contribution in [2.45, 2.75) is 5.75 Å². The lowest BCUT2D eigenvalue weighted by atomic mass is 10.2. The first-order valence-corrected chi connectivity index (χ1v) is 6.50. The highest BCUT2D eigenvalue weighted by Crippen LogP contribution is 2.13. The van der Waals surface area contributed by atoms with Crippen molar-refractivity contribution in [3.8, 4) is 0 Å². The first-order chi connectivity index (χ1) is 7.94. The number of nitro benzene ring substituents is 1. The molecular formula is C9H13N3O4S. The van der Waals surface area contributed by atoms with Crippen LogP contribution in [0.5, 0.6) is 0 Å². The first kappa shape index (κ1) is 13.6. The Labute approximate surface area is 98.8 Å². The van der Waals surface area contributed by atoms with Crippen LogP contribution in [0.15, 0.2) is 24.3 Å². The van der Waals surface area contributed by atoms with E-state index in [0.717, 1.165) is 0 Å². The monoisotopic (exact) mass is 259 g/mol. The highest BCUT2D eigenvalue weighted by atomic mass is 32.2. The average molecular weight is 259 g/mol. The Morgan fingerprint density at radius 2 is 1.88 bits per heavy atom. The quantitative estimate of drug-likeness (QED) is 0.550. The molecule has 0 atom stereocenters. The Balaban J connectivity index is 2.72. The van der Waals surface area contributed by atoms with Crippen molar-refractivity contribution in [2.75, 3.05) is 13.1 Å². The van der Waals surface area contributed by atoms with Gasteiger partial charge in [-0.15, -0.1) is 0 Å². The minimum atomic E-state index is -3.43. The van der Waals surface area contributed by atoms with Gasteiger partial charge in [-0.25, -0.2) is 13.1 Å². The Morgan fingerprint density at radius 1 is 1.29 bits per heavy atom. The van der Waals surface area contributed by atoms with E-state index in [1.54, 1.807) is 0 Å². The SMILES string of the molecule is NCCNS(=O)(=O)Cc1ccc([N+](=O)[O-])cc1. The molecule has 0 heterocycles. The topological polar surface area (TPSA) is 115 Å². The van der Waals surface area contributed by atoms with Gasteiger partial charge in [-0.05, 0) is 5.56 Å². The summed E-state index contributed by atoms with van der Waals surface area (Å²) in [6, 6.07) is 5.38. The molecule has 0 aliphatic heterocycles. The largest absolute Gasteiger partial charge is 0.329 e. The Kier molecular flexibility index (Phi) is 4.55. The Bertz CT molecular complexity index is 483. The molecule has 0 spiro atoms. The summed E-state index contributed by atoms with van der Waals surface area (Å²) in [5.74, 6) is -0.217. The van der Waals surface area contributed by atoms with Crippen molar-refractivity contribution in [3.05, 3.63) is 39.9 Å². The fourth-order valence-corrected chi connectivity index (χ4v) is 2.36. The van der Waals surface area contributed by atoms with Crippen molar-refractivity contribution in [1.29, 1.82) is 0 Å². The lowest BCUT2D eigenvalue weighted by Crippen LogP contribution is -2.30. The second kappa shape index (κ2) is 5.71. The van der Waals surface area contributed by atoms with Gasteiger partial charge in [0, 0.05) is 25.2 Å². The molecule has 0 saturated heterocycles. The smallest absolute Gasteiger partial charge is 0.269 e. The zero-order valence-corrected chi connectivity index (χ0v) is 9.81. The number of hydrogen-bond acceptors (Lipinski definition) is 5.